The first-order valence-electron chi connectivity index (χ1n) is 5.55. The maximum Gasteiger partial charge on any atom is 0.328 e. The molecule has 0 bridgehead atoms. The van der Waals surface area contributed by atoms with Crippen molar-refractivity contribution in [2.45, 2.75) is 13.3 Å². The van der Waals surface area contributed by atoms with Gasteiger partial charge in [0.1, 0.15) is 5.75 Å². The van der Waals surface area contributed by atoms with Crippen molar-refractivity contribution in [1.82, 2.24) is 5.32 Å². The molecule has 6 nitrogen and oxygen atoms in total. The van der Waals surface area contributed by atoms with Crippen LogP contribution in [0.5, 0.6) is 5.75 Å². The first-order valence-corrected chi connectivity index (χ1v) is 5.55. The fourth-order valence-corrected chi connectivity index (χ4v) is 1.70. The van der Waals surface area contributed by atoms with E-state index < -0.39 is 6.03 Å². The molecule has 0 fully saturated rings. The van der Waals surface area contributed by atoms with Crippen molar-refractivity contribution in [1.29, 1.82) is 5.41 Å². The minimum atomic E-state index is -0.471. The first-order chi connectivity index (χ1) is 8.51. The number of nitrogens with zero attached hydrogens (tertiary/aromatic N) is 1. The van der Waals surface area contributed by atoms with Gasteiger partial charge in [0.25, 0.3) is 0 Å². The summed E-state index contributed by atoms with van der Waals surface area (Å²) in [7, 11) is 3.16. The topological polar surface area (TPSA) is 91.4 Å². The molecular formula is C12H18N4O2. The van der Waals surface area contributed by atoms with Crippen molar-refractivity contribution < 1.29 is 9.53 Å². The van der Waals surface area contributed by atoms with Crippen LogP contribution < -0.4 is 20.7 Å². The molecule has 0 radical (unpaired) electrons. The van der Waals surface area contributed by atoms with Crippen molar-refractivity contribution in [2.75, 3.05) is 19.1 Å². The molecular weight excluding hydrogens is 232 g/mol. The SMILES string of the molecule is CCc1cccc(OC)c1N(C)C(=O)NC(=N)N. The zero-order valence-electron chi connectivity index (χ0n) is 10.8. The van der Waals surface area contributed by atoms with Crippen LogP contribution in [0.15, 0.2) is 18.2 Å². The predicted molar refractivity (Wildman–Crippen MR) is 71.2 cm³/mol. The van der Waals surface area contributed by atoms with E-state index in [1.807, 2.05) is 19.1 Å². The molecule has 98 valence electrons. The molecule has 6 heteroatoms. The van der Waals surface area contributed by atoms with E-state index in [0.717, 1.165) is 12.0 Å². The maximum absolute atomic E-state index is 11.8. The number of benzene rings is 1. The molecule has 1 aromatic carbocycles. The van der Waals surface area contributed by atoms with Gasteiger partial charge >= 0.3 is 6.03 Å². The Kier molecular flexibility index (Phi) is 4.53. The van der Waals surface area contributed by atoms with Crippen molar-refractivity contribution in [2.24, 2.45) is 5.73 Å². The standard InChI is InChI=1S/C12H18N4O2/c1-4-8-6-5-7-9(18-3)10(8)16(2)12(17)15-11(13)14/h5-7H,4H2,1-3H3,(H4,13,14,15,17). The Morgan fingerprint density at radius 2 is 2.22 bits per heavy atom. The van der Waals surface area contributed by atoms with Gasteiger partial charge in [0, 0.05) is 7.05 Å². The van der Waals surface area contributed by atoms with Gasteiger partial charge in [-0.15, -0.1) is 0 Å². The third kappa shape index (κ3) is 2.91. The molecule has 0 heterocycles. The van der Waals surface area contributed by atoms with Crippen molar-refractivity contribution in [3.63, 3.8) is 0 Å². The second kappa shape index (κ2) is 5.90. The minimum absolute atomic E-state index is 0.389. The lowest BCUT2D eigenvalue weighted by Gasteiger charge is -2.22. The number of carbonyl (C=O) groups is 1. The lowest BCUT2D eigenvalue weighted by Crippen LogP contribution is -2.44. The number of nitrogens with two attached hydrogens (primary N) is 1. The van der Waals surface area contributed by atoms with E-state index in [1.165, 1.54) is 4.90 Å². The summed E-state index contributed by atoms with van der Waals surface area (Å²) in [6, 6.07) is 5.11. The van der Waals surface area contributed by atoms with Crippen LogP contribution in [-0.2, 0) is 6.42 Å². The summed E-state index contributed by atoms with van der Waals surface area (Å²) in [5.74, 6) is 0.218. The van der Waals surface area contributed by atoms with Gasteiger partial charge in [-0.1, -0.05) is 19.1 Å². The Balaban J connectivity index is 3.13. The van der Waals surface area contributed by atoms with Crippen molar-refractivity contribution in [3.05, 3.63) is 23.8 Å². The molecule has 4 N–H and O–H groups in total. The van der Waals surface area contributed by atoms with Gasteiger partial charge in [-0.3, -0.25) is 15.6 Å². The number of rotatable bonds is 3. The zero-order chi connectivity index (χ0) is 13.7. The number of aryl methyl sites for hydroxylation is 1. The molecule has 0 saturated heterocycles. The minimum Gasteiger partial charge on any atom is -0.495 e. The van der Waals surface area contributed by atoms with E-state index >= 15 is 0 Å². The third-order valence-electron chi connectivity index (χ3n) is 2.57. The van der Waals surface area contributed by atoms with Crippen LogP contribution in [0.3, 0.4) is 0 Å². The first kappa shape index (κ1) is 13.8. The summed E-state index contributed by atoms with van der Waals surface area (Å²) in [5, 5.41) is 9.30. The summed E-state index contributed by atoms with van der Waals surface area (Å²) in [4.78, 5) is 13.2. The van der Waals surface area contributed by atoms with Crippen LogP contribution >= 0.6 is 0 Å². The Morgan fingerprint density at radius 1 is 1.56 bits per heavy atom. The summed E-state index contributed by atoms with van der Waals surface area (Å²) < 4.78 is 5.26. The van der Waals surface area contributed by atoms with Crippen LogP contribution in [0.1, 0.15) is 12.5 Å². The van der Waals surface area contributed by atoms with Crippen LogP contribution in [0.25, 0.3) is 0 Å². The monoisotopic (exact) mass is 250 g/mol. The lowest BCUT2D eigenvalue weighted by molar-refractivity contribution is 0.251. The van der Waals surface area contributed by atoms with Crippen LogP contribution in [0.2, 0.25) is 0 Å². The lowest BCUT2D eigenvalue weighted by atomic mass is 10.1. The van der Waals surface area contributed by atoms with Crippen molar-refractivity contribution >= 4 is 17.7 Å². The molecule has 0 unspecified atom stereocenters. The van der Waals surface area contributed by atoms with Gasteiger partial charge in [0.2, 0.25) is 0 Å². The smallest absolute Gasteiger partial charge is 0.328 e. The number of hydrogen-bond acceptors (Lipinski definition) is 3. The van der Waals surface area contributed by atoms with E-state index in [4.69, 9.17) is 15.9 Å². The summed E-state index contributed by atoms with van der Waals surface area (Å²) in [6.45, 7) is 2.00. The summed E-state index contributed by atoms with van der Waals surface area (Å²) >= 11 is 0. The second-order valence-electron chi connectivity index (χ2n) is 3.72. The molecule has 1 rings (SSSR count). The highest BCUT2D eigenvalue weighted by Gasteiger charge is 2.18. The fraction of sp³-hybridized carbons (Fsp3) is 0.333. The highest BCUT2D eigenvalue weighted by atomic mass is 16.5. The predicted octanol–water partition coefficient (Wildman–Crippen LogP) is 1.30. The molecule has 0 aliphatic rings. The van der Waals surface area contributed by atoms with Crippen LogP contribution in [0, 0.1) is 5.41 Å². The number of hydrogen-bond donors (Lipinski definition) is 3. The highest BCUT2D eigenvalue weighted by Crippen LogP contribution is 2.31. The van der Waals surface area contributed by atoms with Gasteiger partial charge < -0.3 is 10.5 Å². The molecule has 2 amide bonds. The number of urea groups is 1. The normalized spacial score (nSPS) is 9.72. The van der Waals surface area contributed by atoms with Gasteiger partial charge in [0.05, 0.1) is 12.8 Å². The number of ether oxygens (including phenoxy) is 1. The Labute approximate surface area is 106 Å². The number of guanidine groups is 1. The van der Waals surface area contributed by atoms with Gasteiger partial charge in [0.15, 0.2) is 5.96 Å². The number of nitrogens with one attached hydrogen (secondary N) is 2. The number of methoxy groups -OCH3 is 1. The quantitative estimate of drug-likeness (QED) is 0.557. The number of para-hydroxylation sites is 1. The van der Waals surface area contributed by atoms with E-state index in [-0.39, 0.29) is 5.96 Å². The van der Waals surface area contributed by atoms with Gasteiger partial charge in [-0.25, -0.2) is 4.79 Å². The Morgan fingerprint density at radius 3 is 2.72 bits per heavy atom. The fourth-order valence-electron chi connectivity index (χ4n) is 1.70. The largest absolute Gasteiger partial charge is 0.495 e. The molecule has 1 aromatic rings. The van der Waals surface area contributed by atoms with Crippen LogP contribution in [-0.4, -0.2) is 26.1 Å². The highest BCUT2D eigenvalue weighted by molar-refractivity contribution is 6.03. The zero-order valence-corrected chi connectivity index (χ0v) is 10.8. The average Bonchev–Trinajstić information content (AvgIpc) is 2.35. The van der Waals surface area contributed by atoms with E-state index in [1.54, 1.807) is 20.2 Å². The molecule has 0 atom stereocenters. The summed E-state index contributed by atoms with van der Waals surface area (Å²) in [5.41, 5.74) is 6.81. The maximum atomic E-state index is 11.8. The third-order valence-corrected chi connectivity index (χ3v) is 2.57. The Bertz CT molecular complexity index is 437. The summed E-state index contributed by atoms with van der Waals surface area (Å²) in [6.07, 6.45) is 0.768. The average molecular weight is 250 g/mol. The number of amides is 2. The molecule has 0 aromatic heterocycles. The molecule has 0 saturated carbocycles. The molecule has 0 aliphatic carbocycles. The van der Waals surface area contributed by atoms with Crippen molar-refractivity contribution in [3.8, 4) is 5.75 Å². The Hall–Kier alpha value is -2.24. The van der Waals surface area contributed by atoms with E-state index in [0.29, 0.717) is 11.4 Å². The van der Waals surface area contributed by atoms with Gasteiger partial charge in [-0.2, -0.15) is 0 Å². The second-order valence-corrected chi connectivity index (χ2v) is 3.72. The number of carbonyl (C=O) groups excluding carboxylic acids is 1. The van der Waals surface area contributed by atoms with E-state index in [2.05, 4.69) is 5.32 Å². The van der Waals surface area contributed by atoms with E-state index in [9.17, 15) is 4.79 Å². The molecule has 0 spiro atoms. The van der Waals surface area contributed by atoms with Gasteiger partial charge in [-0.05, 0) is 18.1 Å². The molecule has 0 aliphatic heterocycles. The molecule has 18 heavy (non-hydrogen) atoms. The van der Waals surface area contributed by atoms with Crippen LogP contribution in [0.4, 0.5) is 10.5 Å². The number of anilines is 1.